The highest BCUT2D eigenvalue weighted by molar-refractivity contribution is 6.32. The molecule has 2 N–H and O–H groups in total. The van der Waals surface area contributed by atoms with Crippen molar-refractivity contribution in [1.29, 1.82) is 0 Å². The monoisotopic (exact) mass is 315 g/mol. The van der Waals surface area contributed by atoms with Crippen LogP contribution in [0.3, 0.4) is 0 Å². The van der Waals surface area contributed by atoms with Crippen molar-refractivity contribution in [2.24, 2.45) is 0 Å². The molecule has 0 aromatic heterocycles. The van der Waals surface area contributed by atoms with E-state index in [1.54, 1.807) is 18.2 Å². The fourth-order valence-corrected chi connectivity index (χ4v) is 1.68. The van der Waals surface area contributed by atoms with E-state index in [1.807, 2.05) is 6.92 Å². The molecular weight excluding hydrogens is 302 g/mol. The molecule has 1 aromatic rings. The number of carboxylic acid groups (broad SMARTS) is 2. The van der Waals surface area contributed by atoms with E-state index in [2.05, 4.69) is 0 Å². The molecular formula is C13H14ClNO6. The van der Waals surface area contributed by atoms with Crippen LogP contribution in [0, 0.1) is 6.92 Å². The summed E-state index contributed by atoms with van der Waals surface area (Å²) in [6.45, 7) is -0.109. The second-order valence-electron chi connectivity index (χ2n) is 4.26. The van der Waals surface area contributed by atoms with Crippen LogP contribution < -0.4 is 4.74 Å². The van der Waals surface area contributed by atoms with E-state index in [9.17, 15) is 14.4 Å². The van der Waals surface area contributed by atoms with Crippen LogP contribution in [0.25, 0.3) is 0 Å². The Hall–Kier alpha value is -2.28. The maximum absolute atomic E-state index is 11.8. The summed E-state index contributed by atoms with van der Waals surface area (Å²) in [4.78, 5) is 33.7. The van der Waals surface area contributed by atoms with Crippen molar-refractivity contribution in [2.75, 3.05) is 19.7 Å². The molecule has 1 amide bonds. The lowest BCUT2D eigenvalue weighted by Crippen LogP contribution is -2.41. The number of aliphatic carboxylic acids is 2. The van der Waals surface area contributed by atoms with Gasteiger partial charge in [-0.25, -0.2) is 0 Å². The highest BCUT2D eigenvalue weighted by Crippen LogP contribution is 2.25. The molecule has 0 bridgehead atoms. The van der Waals surface area contributed by atoms with E-state index in [0.717, 1.165) is 5.56 Å². The zero-order chi connectivity index (χ0) is 16.0. The van der Waals surface area contributed by atoms with Crippen LogP contribution in [0.2, 0.25) is 5.02 Å². The first-order chi connectivity index (χ1) is 9.79. The molecule has 7 nitrogen and oxygen atoms in total. The molecule has 8 heteroatoms. The van der Waals surface area contributed by atoms with Crippen molar-refractivity contribution >= 4 is 29.4 Å². The second-order valence-corrected chi connectivity index (χ2v) is 4.67. The first-order valence-corrected chi connectivity index (χ1v) is 6.27. The number of aryl methyl sites for hydroxylation is 1. The van der Waals surface area contributed by atoms with Gasteiger partial charge in [0.15, 0.2) is 6.61 Å². The SMILES string of the molecule is Cc1ccc(Cl)c(OCC(=O)N(CC(=O)O)CC(=O)O)c1. The van der Waals surface area contributed by atoms with Crippen molar-refractivity contribution in [3.8, 4) is 5.75 Å². The normalized spacial score (nSPS) is 10.0. The molecule has 0 unspecified atom stereocenters. The molecule has 0 atom stereocenters. The van der Waals surface area contributed by atoms with E-state index in [4.69, 9.17) is 26.6 Å². The molecule has 114 valence electrons. The number of hydrogen-bond acceptors (Lipinski definition) is 4. The van der Waals surface area contributed by atoms with Crippen LogP contribution in [0.1, 0.15) is 5.56 Å². The molecule has 0 radical (unpaired) electrons. The fourth-order valence-electron chi connectivity index (χ4n) is 1.51. The summed E-state index contributed by atoms with van der Waals surface area (Å²) in [5.41, 5.74) is 0.870. The van der Waals surface area contributed by atoms with E-state index in [1.165, 1.54) is 0 Å². The fraction of sp³-hybridized carbons (Fsp3) is 0.308. The van der Waals surface area contributed by atoms with Crippen LogP contribution >= 0.6 is 11.6 Å². The third kappa shape index (κ3) is 5.70. The summed E-state index contributed by atoms with van der Waals surface area (Å²) in [5.74, 6) is -3.09. The first-order valence-electron chi connectivity index (χ1n) is 5.90. The number of hydrogen-bond donors (Lipinski definition) is 2. The lowest BCUT2D eigenvalue weighted by Gasteiger charge is -2.18. The number of rotatable bonds is 7. The Morgan fingerprint density at radius 2 is 1.76 bits per heavy atom. The zero-order valence-electron chi connectivity index (χ0n) is 11.2. The van der Waals surface area contributed by atoms with Crippen LogP contribution in [0.15, 0.2) is 18.2 Å². The summed E-state index contributed by atoms with van der Waals surface area (Å²) in [7, 11) is 0. The van der Waals surface area contributed by atoms with Gasteiger partial charge in [-0.2, -0.15) is 0 Å². The average Bonchev–Trinajstić information content (AvgIpc) is 2.37. The summed E-state index contributed by atoms with van der Waals surface area (Å²) in [6.07, 6.45) is 0. The van der Waals surface area contributed by atoms with Crippen LogP contribution in [-0.2, 0) is 14.4 Å². The highest BCUT2D eigenvalue weighted by Gasteiger charge is 2.20. The summed E-state index contributed by atoms with van der Waals surface area (Å²) >= 11 is 5.89. The summed E-state index contributed by atoms with van der Waals surface area (Å²) in [6, 6.07) is 4.98. The van der Waals surface area contributed by atoms with Crippen molar-refractivity contribution in [2.45, 2.75) is 6.92 Å². The van der Waals surface area contributed by atoms with Gasteiger partial charge in [0.2, 0.25) is 0 Å². The maximum Gasteiger partial charge on any atom is 0.323 e. The van der Waals surface area contributed by atoms with Gasteiger partial charge in [0.05, 0.1) is 5.02 Å². The summed E-state index contributed by atoms with van der Waals surface area (Å²) in [5, 5.41) is 17.6. The molecule has 0 aliphatic rings. The Labute approximate surface area is 125 Å². The smallest absolute Gasteiger partial charge is 0.323 e. The topological polar surface area (TPSA) is 104 Å². The Bertz CT molecular complexity index is 544. The Morgan fingerprint density at radius 1 is 1.19 bits per heavy atom. The molecule has 1 aromatic carbocycles. The number of carbonyl (C=O) groups excluding carboxylic acids is 1. The molecule has 0 saturated carbocycles. The van der Waals surface area contributed by atoms with Gasteiger partial charge in [0.1, 0.15) is 18.8 Å². The van der Waals surface area contributed by atoms with E-state index in [0.29, 0.717) is 9.92 Å². The molecule has 1 rings (SSSR count). The van der Waals surface area contributed by atoms with Gasteiger partial charge in [0, 0.05) is 0 Å². The summed E-state index contributed by atoms with van der Waals surface area (Å²) < 4.78 is 5.21. The van der Waals surface area contributed by atoms with Crippen molar-refractivity contribution < 1.29 is 29.3 Å². The number of carbonyl (C=O) groups is 3. The predicted octanol–water partition coefficient (Wildman–Crippen LogP) is 1.03. The average molecular weight is 316 g/mol. The number of benzene rings is 1. The van der Waals surface area contributed by atoms with Crippen molar-refractivity contribution in [3.05, 3.63) is 28.8 Å². The lowest BCUT2D eigenvalue weighted by molar-refractivity contribution is -0.150. The molecule has 21 heavy (non-hydrogen) atoms. The quantitative estimate of drug-likeness (QED) is 0.778. The number of nitrogens with zero attached hydrogens (tertiary/aromatic N) is 1. The lowest BCUT2D eigenvalue weighted by atomic mass is 10.2. The van der Waals surface area contributed by atoms with Gasteiger partial charge in [-0.3, -0.25) is 14.4 Å². The minimum atomic E-state index is -1.31. The van der Waals surface area contributed by atoms with Crippen molar-refractivity contribution in [1.82, 2.24) is 4.90 Å². The molecule has 0 saturated heterocycles. The van der Waals surface area contributed by atoms with Crippen LogP contribution in [0.4, 0.5) is 0 Å². The maximum atomic E-state index is 11.8. The Morgan fingerprint density at radius 3 is 2.29 bits per heavy atom. The van der Waals surface area contributed by atoms with Gasteiger partial charge in [-0.05, 0) is 24.6 Å². The Balaban J connectivity index is 2.70. The van der Waals surface area contributed by atoms with E-state index >= 15 is 0 Å². The van der Waals surface area contributed by atoms with Gasteiger partial charge < -0.3 is 19.8 Å². The predicted molar refractivity (Wildman–Crippen MR) is 73.5 cm³/mol. The third-order valence-corrected chi connectivity index (χ3v) is 2.76. The largest absolute Gasteiger partial charge is 0.482 e. The number of halogens is 1. The van der Waals surface area contributed by atoms with Crippen LogP contribution in [0.5, 0.6) is 5.75 Å². The highest BCUT2D eigenvalue weighted by atomic mass is 35.5. The van der Waals surface area contributed by atoms with Gasteiger partial charge in [-0.1, -0.05) is 17.7 Å². The van der Waals surface area contributed by atoms with Gasteiger partial charge >= 0.3 is 11.9 Å². The third-order valence-electron chi connectivity index (χ3n) is 2.44. The Kier molecular flexibility index (Phi) is 5.98. The first kappa shape index (κ1) is 16.8. The zero-order valence-corrected chi connectivity index (χ0v) is 12.0. The van der Waals surface area contributed by atoms with E-state index in [-0.39, 0.29) is 5.75 Å². The van der Waals surface area contributed by atoms with Crippen LogP contribution in [-0.4, -0.2) is 52.7 Å². The van der Waals surface area contributed by atoms with Gasteiger partial charge in [-0.15, -0.1) is 0 Å². The number of carboxylic acids is 2. The molecule has 0 heterocycles. The van der Waals surface area contributed by atoms with E-state index < -0.39 is 37.5 Å². The van der Waals surface area contributed by atoms with Crippen molar-refractivity contribution in [3.63, 3.8) is 0 Å². The molecule has 0 aliphatic heterocycles. The standard InChI is InChI=1S/C13H14ClNO6/c1-8-2-3-9(14)10(4-8)21-7-11(16)15(5-12(17)18)6-13(19)20/h2-4H,5-7H2,1H3,(H,17,18)(H,19,20). The molecule has 0 aliphatic carbocycles. The minimum absolute atomic E-state index is 0.274. The molecule has 0 fully saturated rings. The van der Waals surface area contributed by atoms with Gasteiger partial charge in [0.25, 0.3) is 5.91 Å². The number of amides is 1. The number of ether oxygens (including phenoxy) is 1. The molecule has 0 spiro atoms. The second kappa shape index (κ2) is 7.49. The minimum Gasteiger partial charge on any atom is -0.482 e.